The predicted octanol–water partition coefficient (Wildman–Crippen LogP) is 1.58. The van der Waals surface area contributed by atoms with Gasteiger partial charge in [-0.15, -0.1) is 0 Å². The van der Waals surface area contributed by atoms with Crippen LogP contribution < -0.4 is 4.90 Å². The first-order chi connectivity index (χ1) is 12.3. The Balaban J connectivity index is 1.66. The van der Waals surface area contributed by atoms with Gasteiger partial charge in [-0.05, 0) is 18.2 Å². The number of hydrogen-bond acceptors (Lipinski definition) is 6. The number of hydrogen-bond donors (Lipinski definition) is 1. The Labute approximate surface area is 150 Å². The molecule has 0 radical (unpaired) electrons. The van der Waals surface area contributed by atoms with Gasteiger partial charge in [0.1, 0.15) is 12.1 Å². The maximum Gasteiger partial charge on any atom is 0.168 e. The average Bonchev–Trinajstić information content (AvgIpc) is 3.07. The molecule has 1 N–H and O–H groups in total. The number of rotatable bonds is 4. The molecule has 25 heavy (non-hydrogen) atoms. The standard InChI is InChI=1S/C17H19ClN6O/c18-13-2-1-3-14(10-13)24-17-15(11-21-24)16(19-12-20-17)23-6-4-22(5-7-23)8-9-25/h1-3,10-12,25H,4-9H2. The van der Waals surface area contributed by atoms with Crippen molar-refractivity contribution in [1.29, 1.82) is 0 Å². The van der Waals surface area contributed by atoms with Crippen LogP contribution in [-0.4, -0.2) is 69.1 Å². The molecule has 0 bridgehead atoms. The number of nitrogens with zero attached hydrogens (tertiary/aromatic N) is 6. The average molecular weight is 359 g/mol. The first-order valence-corrected chi connectivity index (χ1v) is 8.67. The molecule has 8 heteroatoms. The van der Waals surface area contributed by atoms with Gasteiger partial charge in [0, 0.05) is 37.7 Å². The van der Waals surface area contributed by atoms with Crippen LogP contribution in [0.2, 0.25) is 5.02 Å². The van der Waals surface area contributed by atoms with E-state index in [0.29, 0.717) is 5.02 Å². The molecule has 0 spiro atoms. The molecule has 1 aromatic carbocycles. The Morgan fingerprint density at radius 3 is 2.72 bits per heavy atom. The number of benzene rings is 1. The number of aliphatic hydroxyl groups excluding tert-OH is 1. The highest BCUT2D eigenvalue weighted by Gasteiger charge is 2.21. The molecule has 3 aromatic rings. The van der Waals surface area contributed by atoms with Gasteiger partial charge >= 0.3 is 0 Å². The number of piperazine rings is 1. The SMILES string of the molecule is OCCN1CCN(c2ncnc3c2cnn3-c2cccc(Cl)c2)CC1. The van der Waals surface area contributed by atoms with E-state index in [9.17, 15) is 0 Å². The number of anilines is 1. The fourth-order valence-corrected chi connectivity index (χ4v) is 3.39. The smallest absolute Gasteiger partial charge is 0.168 e. The van der Waals surface area contributed by atoms with E-state index < -0.39 is 0 Å². The van der Waals surface area contributed by atoms with Crippen molar-refractivity contribution in [2.75, 3.05) is 44.2 Å². The van der Waals surface area contributed by atoms with E-state index in [1.807, 2.05) is 30.5 Å². The highest BCUT2D eigenvalue weighted by atomic mass is 35.5. The summed E-state index contributed by atoms with van der Waals surface area (Å²) < 4.78 is 1.79. The van der Waals surface area contributed by atoms with E-state index in [0.717, 1.165) is 55.3 Å². The van der Waals surface area contributed by atoms with E-state index in [1.54, 1.807) is 11.0 Å². The van der Waals surface area contributed by atoms with E-state index in [2.05, 4.69) is 24.9 Å². The summed E-state index contributed by atoms with van der Waals surface area (Å²) in [5.74, 6) is 0.905. The zero-order chi connectivity index (χ0) is 17.2. The third-order valence-corrected chi connectivity index (χ3v) is 4.72. The number of β-amino-alcohol motifs (C(OH)–C–C–N with tert-alkyl or cyclic N) is 1. The topological polar surface area (TPSA) is 70.3 Å². The maximum atomic E-state index is 9.08. The fourth-order valence-electron chi connectivity index (χ4n) is 3.21. The van der Waals surface area contributed by atoms with Crippen LogP contribution in [0.1, 0.15) is 0 Å². The molecule has 1 saturated heterocycles. The molecule has 0 aliphatic carbocycles. The van der Waals surface area contributed by atoms with Crippen molar-refractivity contribution < 1.29 is 5.11 Å². The number of aromatic nitrogens is 4. The third-order valence-electron chi connectivity index (χ3n) is 4.49. The highest BCUT2D eigenvalue weighted by Crippen LogP contribution is 2.26. The summed E-state index contributed by atoms with van der Waals surface area (Å²) >= 11 is 6.10. The van der Waals surface area contributed by atoms with Crippen LogP contribution in [0.25, 0.3) is 16.7 Å². The van der Waals surface area contributed by atoms with Crippen molar-refractivity contribution >= 4 is 28.5 Å². The first kappa shape index (κ1) is 16.3. The quantitative estimate of drug-likeness (QED) is 0.763. The Kier molecular flexibility index (Phi) is 4.52. The summed E-state index contributed by atoms with van der Waals surface area (Å²) in [5, 5.41) is 15.2. The van der Waals surface area contributed by atoms with E-state index >= 15 is 0 Å². The van der Waals surface area contributed by atoms with E-state index in [-0.39, 0.29) is 6.61 Å². The van der Waals surface area contributed by atoms with Crippen molar-refractivity contribution in [3.8, 4) is 5.69 Å². The summed E-state index contributed by atoms with van der Waals surface area (Å²) in [6.45, 7) is 4.48. The van der Waals surface area contributed by atoms with Crippen molar-refractivity contribution in [2.24, 2.45) is 0 Å². The number of fused-ring (bicyclic) bond motifs is 1. The summed E-state index contributed by atoms with van der Waals surface area (Å²) in [6.07, 6.45) is 3.39. The van der Waals surface area contributed by atoms with Gasteiger partial charge in [0.25, 0.3) is 0 Å². The van der Waals surface area contributed by atoms with Gasteiger partial charge in [-0.25, -0.2) is 14.6 Å². The molecule has 0 amide bonds. The first-order valence-electron chi connectivity index (χ1n) is 8.29. The number of halogens is 1. The van der Waals surface area contributed by atoms with Gasteiger partial charge in [0.05, 0.1) is 23.9 Å². The monoisotopic (exact) mass is 358 g/mol. The lowest BCUT2D eigenvalue weighted by atomic mass is 10.2. The lowest BCUT2D eigenvalue weighted by Gasteiger charge is -2.35. The van der Waals surface area contributed by atoms with Gasteiger partial charge < -0.3 is 10.0 Å². The largest absolute Gasteiger partial charge is 0.395 e. The molecular formula is C17H19ClN6O. The van der Waals surface area contributed by atoms with Crippen LogP contribution in [0.5, 0.6) is 0 Å². The van der Waals surface area contributed by atoms with Gasteiger partial charge in [0.2, 0.25) is 0 Å². The normalized spacial score (nSPS) is 15.8. The molecule has 130 valence electrons. The minimum absolute atomic E-state index is 0.199. The molecule has 0 unspecified atom stereocenters. The summed E-state index contributed by atoms with van der Waals surface area (Å²) in [6, 6.07) is 7.55. The molecular weight excluding hydrogens is 340 g/mol. The van der Waals surface area contributed by atoms with Crippen molar-refractivity contribution in [3.63, 3.8) is 0 Å². The third kappa shape index (κ3) is 3.18. The second-order valence-electron chi connectivity index (χ2n) is 6.02. The van der Waals surface area contributed by atoms with Crippen LogP contribution in [0.4, 0.5) is 5.82 Å². The molecule has 1 fully saturated rings. The summed E-state index contributed by atoms with van der Waals surface area (Å²) in [4.78, 5) is 13.4. The Morgan fingerprint density at radius 2 is 1.96 bits per heavy atom. The van der Waals surface area contributed by atoms with Crippen molar-refractivity contribution in [1.82, 2.24) is 24.6 Å². The lowest BCUT2D eigenvalue weighted by Crippen LogP contribution is -2.47. The van der Waals surface area contributed by atoms with Crippen LogP contribution in [0.15, 0.2) is 36.8 Å². The molecule has 1 aliphatic rings. The zero-order valence-electron chi connectivity index (χ0n) is 13.7. The minimum atomic E-state index is 0.199. The molecule has 1 aliphatic heterocycles. The fraction of sp³-hybridized carbons (Fsp3) is 0.353. The minimum Gasteiger partial charge on any atom is -0.395 e. The molecule has 3 heterocycles. The van der Waals surface area contributed by atoms with Crippen molar-refractivity contribution in [2.45, 2.75) is 0 Å². The maximum absolute atomic E-state index is 9.08. The van der Waals surface area contributed by atoms with Crippen molar-refractivity contribution in [3.05, 3.63) is 41.8 Å². The van der Waals surface area contributed by atoms with E-state index in [4.69, 9.17) is 16.7 Å². The van der Waals surface area contributed by atoms with Crippen LogP contribution >= 0.6 is 11.6 Å². The Hall–Kier alpha value is -2.22. The van der Waals surface area contributed by atoms with Crippen LogP contribution in [0, 0.1) is 0 Å². The summed E-state index contributed by atoms with van der Waals surface area (Å²) in [7, 11) is 0. The highest BCUT2D eigenvalue weighted by molar-refractivity contribution is 6.30. The molecule has 0 atom stereocenters. The second kappa shape index (κ2) is 6.95. The Morgan fingerprint density at radius 1 is 1.12 bits per heavy atom. The van der Waals surface area contributed by atoms with Gasteiger partial charge in [-0.1, -0.05) is 17.7 Å². The number of aliphatic hydroxyl groups is 1. The van der Waals surface area contributed by atoms with E-state index in [1.165, 1.54) is 0 Å². The van der Waals surface area contributed by atoms with Gasteiger partial charge in [0.15, 0.2) is 5.65 Å². The summed E-state index contributed by atoms with van der Waals surface area (Å²) in [5.41, 5.74) is 1.64. The Bertz CT molecular complexity index is 874. The van der Waals surface area contributed by atoms with Gasteiger partial charge in [-0.2, -0.15) is 5.10 Å². The lowest BCUT2D eigenvalue weighted by molar-refractivity contribution is 0.188. The van der Waals surface area contributed by atoms with Crippen LogP contribution in [0.3, 0.4) is 0 Å². The van der Waals surface area contributed by atoms with Gasteiger partial charge in [-0.3, -0.25) is 4.90 Å². The molecule has 0 saturated carbocycles. The second-order valence-corrected chi connectivity index (χ2v) is 6.46. The molecule has 4 rings (SSSR count). The van der Waals surface area contributed by atoms with Crippen LogP contribution in [-0.2, 0) is 0 Å². The molecule has 7 nitrogen and oxygen atoms in total. The zero-order valence-corrected chi connectivity index (χ0v) is 14.5. The molecule has 2 aromatic heterocycles. The predicted molar refractivity (Wildman–Crippen MR) is 97.4 cm³/mol.